The van der Waals surface area contributed by atoms with Gasteiger partial charge in [-0.15, -0.1) is 0 Å². The molecule has 0 amide bonds. The lowest BCUT2D eigenvalue weighted by molar-refractivity contribution is 0.564. The number of aryl methyl sites for hydroxylation is 1. The number of benzene rings is 1. The second-order valence-corrected chi connectivity index (χ2v) is 3.97. The number of hydrogen-bond acceptors (Lipinski definition) is 2. The summed E-state index contributed by atoms with van der Waals surface area (Å²) >= 11 is 5.85. The SMILES string of the molecule is Cc1cc(F)ccc1C(N)c1ccoc1Cl. The van der Waals surface area contributed by atoms with Gasteiger partial charge in [0.1, 0.15) is 5.82 Å². The zero-order valence-corrected chi connectivity index (χ0v) is 9.46. The zero-order chi connectivity index (χ0) is 11.7. The molecule has 2 N–H and O–H groups in total. The monoisotopic (exact) mass is 239 g/mol. The minimum absolute atomic E-state index is 0.272. The van der Waals surface area contributed by atoms with Crippen LogP contribution in [0.4, 0.5) is 4.39 Å². The van der Waals surface area contributed by atoms with Crippen LogP contribution in [0.2, 0.25) is 5.22 Å². The van der Waals surface area contributed by atoms with Gasteiger partial charge in [0.2, 0.25) is 0 Å². The minimum Gasteiger partial charge on any atom is -0.453 e. The third kappa shape index (κ3) is 1.96. The molecule has 0 bridgehead atoms. The van der Waals surface area contributed by atoms with Gasteiger partial charge < -0.3 is 10.2 Å². The van der Waals surface area contributed by atoms with E-state index in [-0.39, 0.29) is 11.0 Å². The van der Waals surface area contributed by atoms with E-state index in [2.05, 4.69) is 0 Å². The van der Waals surface area contributed by atoms with Crippen molar-refractivity contribution in [1.29, 1.82) is 0 Å². The zero-order valence-electron chi connectivity index (χ0n) is 8.71. The molecule has 0 aliphatic carbocycles. The van der Waals surface area contributed by atoms with E-state index in [9.17, 15) is 4.39 Å². The lowest BCUT2D eigenvalue weighted by atomic mass is 9.97. The number of hydrogen-bond donors (Lipinski definition) is 1. The average molecular weight is 240 g/mol. The maximum absolute atomic E-state index is 12.9. The Hall–Kier alpha value is -1.32. The Balaban J connectivity index is 2.41. The predicted octanol–water partition coefficient (Wildman–Crippen LogP) is 3.43. The van der Waals surface area contributed by atoms with Crippen LogP contribution in [0.3, 0.4) is 0 Å². The fraction of sp³-hybridized carbons (Fsp3) is 0.167. The Morgan fingerprint density at radius 3 is 2.62 bits per heavy atom. The van der Waals surface area contributed by atoms with Gasteiger partial charge in [0.05, 0.1) is 12.3 Å². The van der Waals surface area contributed by atoms with Crippen LogP contribution in [-0.4, -0.2) is 0 Å². The van der Waals surface area contributed by atoms with Crippen molar-refractivity contribution < 1.29 is 8.81 Å². The van der Waals surface area contributed by atoms with Gasteiger partial charge in [-0.1, -0.05) is 6.07 Å². The molecule has 2 nitrogen and oxygen atoms in total. The molecule has 0 radical (unpaired) electrons. The summed E-state index contributed by atoms with van der Waals surface area (Å²) in [6.45, 7) is 1.81. The summed E-state index contributed by atoms with van der Waals surface area (Å²) in [4.78, 5) is 0. The lowest BCUT2D eigenvalue weighted by Crippen LogP contribution is -2.13. The van der Waals surface area contributed by atoms with Crippen LogP contribution in [-0.2, 0) is 0 Å². The van der Waals surface area contributed by atoms with Crippen LogP contribution in [0, 0.1) is 12.7 Å². The maximum atomic E-state index is 12.9. The van der Waals surface area contributed by atoms with Crippen molar-refractivity contribution in [1.82, 2.24) is 0 Å². The van der Waals surface area contributed by atoms with Crippen LogP contribution in [0.5, 0.6) is 0 Å². The van der Waals surface area contributed by atoms with Crippen LogP contribution < -0.4 is 5.73 Å². The van der Waals surface area contributed by atoms with E-state index < -0.39 is 6.04 Å². The molecule has 0 saturated heterocycles. The molecule has 2 aromatic rings. The number of halogens is 2. The molecule has 0 aliphatic rings. The summed E-state index contributed by atoms with van der Waals surface area (Å²) in [5.41, 5.74) is 8.38. The molecule has 0 saturated carbocycles. The second kappa shape index (κ2) is 4.28. The van der Waals surface area contributed by atoms with Crippen LogP contribution >= 0.6 is 11.6 Å². The molecule has 0 fully saturated rings. The highest BCUT2D eigenvalue weighted by Crippen LogP contribution is 2.29. The molecule has 0 aliphatic heterocycles. The number of furan rings is 1. The quantitative estimate of drug-likeness (QED) is 0.872. The largest absolute Gasteiger partial charge is 0.453 e. The summed E-state index contributed by atoms with van der Waals surface area (Å²) in [6, 6.07) is 5.82. The topological polar surface area (TPSA) is 39.2 Å². The molecule has 2 rings (SSSR count). The molecular formula is C12H11ClFNO. The molecular weight excluding hydrogens is 229 g/mol. The van der Waals surface area contributed by atoms with Gasteiger partial charge in [0.25, 0.3) is 0 Å². The Kier molecular flexibility index (Phi) is 2.99. The summed E-state index contributed by atoms with van der Waals surface area (Å²) in [5.74, 6) is -0.272. The van der Waals surface area contributed by atoms with E-state index in [1.807, 2.05) is 6.92 Å². The van der Waals surface area contributed by atoms with Gasteiger partial charge in [0.15, 0.2) is 5.22 Å². The molecule has 1 heterocycles. The van der Waals surface area contributed by atoms with Crippen molar-refractivity contribution in [3.63, 3.8) is 0 Å². The summed E-state index contributed by atoms with van der Waals surface area (Å²) < 4.78 is 17.9. The van der Waals surface area contributed by atoms with Crippen LogP contribution in [0.1, 0.15) is 22.7 Å². The molecule has 1 unspecified atom stereocenters. The Bertz CT molecular complexity index is 509. The highest BCUT2D eigenvalue weighted by molar-refractivity contribution is 6.29. The third-order valence-corrected chi connectivity index (χ3v) is 2.86. The van der Waals surface area contributed by atoms with Crippen molar-refractivity contribution in [2.45, 2.75) is 13.0 Å². The first-order valence-corrected chi connectivity index (χ1v) is 5.22. The number of rotatable bonds is 2. The van der Waals surface area contributed by atoms with Gasteiger partial charge in [-0.05, 0) is 47.9 Å². The van der Waals surface area contributed by atoms with E-state index in [0.29, 0.717) is 5.56 Å². The first-order valence-electron chi connectivity index (χ1n) is 4.84. The van der Waals surface area contributed by atoms with E-state index in [1.165, 1.54) is 18.4 Å². The summed E-state index contributed by atoms with van der Waals surface area (Å²) in [5, 5.41) is 0.274. The van der Waals surface area contributed by atoms with Gasteiger partial charge in [-0.25, -0.2) is 4.39 Å². The van der Waals surface area contributed by atoms with E-state index in [4.69, 9.17) is 21.8 Å². The Morgan fingerprint density at radius 2 is 2.06 bits per heavy atom. The smallest absolute Gasteiger partial charge is 0.198 e. The molecule has 0 spiro atoms. The minimum atomic E-state index is -0.396. The van der Waals surface area contributed by atoms with Crippen molar-refractivity contribution in [3.8, 4) is 0 Å². The van der Waals surface area contributed by atoms with E-state index in [1.54, 1.807) is 12.1 Å². The molecule has 1 atom stereocenters. The fourth-order valence-corrected chi connectivity index (χ4v) is 1.91. The number of nitrogens with two attached hydrogens (primary N) is 1. The summed E-state index contributed by atoms with van der Waals surface area (Å²) in [7, 11) is 0. The first-order chi connectivity index (χ1) is 7.59. The average Bonchev–Trinajstić information content (AvgIpc) is 2.63. The van der Waals surface area contributed by atoms with Gasteiger partial charge in [-0.2, -0.15) is 0 Å². The van der Waals surface area contributed by atoms with Gasteiger partial charge in [0, 0.05) is 5.56 Å². The van der Waals surface area contributed by atoms with Crippen molar-refractivity contribution >= 4 is 11.6 Å². The highest BCUT2D eigenvalue weighted by Gasteiger charge is 2.16. The van der Waals surface area contributed by atoms with Crippen LogP contribution in [0.15, 0.2) is 34.9 Å². The standard InChI is InChI=1S/C12H11ClFNO/c1-7-6-8(14)2-3-9(7)11(15)10-4-5-16-12(10)13/h2-6,11H,15H2,1H3. The van der Waals surface area contributed by atoms with Gasteiger partial charge >= 0.3 is 0 Å². The third-order valence-electron chi connectivity index (χ3n) is 2.55. The van der Waals surface area contributed by atoms with E-state index >= 15 is 0 Å². The molecule has 84 valence electrons. The molecule has 4 heteroatoms. The van der Waals surface area contributed by atoms with Crippen LogP contribution in [0.25, 0.3) is 0 Å². The van der Waals surface area contributed by atoms with Gasteiger partial charge in [-0.3, -0.25) is 0 Å². The molecule has 16 heavy (non-hydrogen) atoms. The normalized spacial score (nSPS) is 12.8. The molecule has 1 aromatic heterocycles. The lowest BCUT2D eigenvalue weighted by Gasteiger charge is -2.13. The second-order valence-electron chi connectivity index (χ2n) is 3.63. The fourth-order valence-electron chi connectivity index (χ4n) is 1.68. The highest BCUT2D eigenvalue weighted by atomic mass is 35.5. The predicted molar refractivity (Wildman–Crippen MR) is 60.9 cm³/mol. The first kappa shape index (κ1) is 11.2. The maximum Gasteiger partial charge on any atom is 0.198 e. The van der Waals surface area contributed by atoms with E-state index in [0.717, 1.165) is 11.1 Å². The van der Waals surface area contributed by atoms with Crippen molar-refractivity contribution in [2.24, 2.45) is 5.73 Å². The summed E-state index contributed by atoms with van der Waals surface area (Å²) in [6.07, 6.45) is 1.48. The van der Waals surface area contributed by atoms with Crippen molar-refractivity contribution in [2.75, 3.05) is 0 Å². The molecule has 1 aromatic carbocycles. The Morgan fingerprint density at radius 1 is 1.31 bits per heavy atom. The van der Waals surface area contributed by atoms with Crippen molar-refractivity contribution in [3.05, 3.63) is 58.3 Å². The Labute approximate surface area is 97.8 Å².